The standard InChI is InChI=1S/C15H22FN3O2/c1-15(2,3)21-14(20)18-13-5-4-11(8-17-13)9-19-7-6-12(16)10-19/h4-5,8,12H,6-7,9-10H2,1-3H3,(H,17,18,20). The van der Waals surface area contributed by atoms with Crippen LogP contribution in [0.25, 0.3) is 0 Å². The Kier molecular flexibility index (Phi) is 4.77. The highest BCUT2D eigenvalue weighted by molar-refractivity contribution is 5.83. The van der Waals surface area contributed by atoms with Crippen molar-refractivity contribution in [3.63, 3.8) is 0 Å². The van der Waals surface area contributed by atoms with Gasteiger partial charge < -0.3 is 4.74 Å². The number of ether oxygens (including phenoxy) is 1. The maximum Gasteiger partial charge on any atom is 0.413 e. The van der Waals surface area contributed by atoms with E-state index in [9.17, 15) is 9.18 Å². The number of aromatic nitrogens is 1. The van der Waals surface area contributed by atoms with Crippen LogP contribution in [0, 0.1) is 0 Å². The molecule has 2 heterocycles. The average molecular weight is 295 g/mol. The van der Waals surface area contributed by atoms with E-state index >= 15 is 0 Å². The number of rotatable bonds is 3. The summed E-state index contributed by atoms with van der Waals surface area (Å²) in [6, 6.07) is 3.60. The molecule has 6 heteroatoms. The summed E-state index contributed by atoms with van der Waals surface area (Å²) in [5.74, 6) is 0.442. The summed E-state index contributed by atoms with van der Waals surface area (Å²) >= 11 is 0. The molecule has 116 valence electrons. The number of amides is 1. The van der Waals surface area contributed by atoms with E-state index in [1.54, 1.807) is 33.0 Å². The van der Waals surface area contributed by atoms with Crippen molar-refractivity contribution in [1.82, 2.24) is 9.88 Å². The third-order valence-corrected chi connectivity index (χ3v) is 3.07. The van der Waals surface area contributed by atoms with E-state index in [1.165, 1.54) is 0 Å². The summed E-state index contributed by atoms with van der Waals surface area (Å²) in [6.07, 6.45) is 1.05. The van der Waals surface area contributed by atoms with Gasteiger partial charge >= 0.3 is 6.09 Å². The Labute approximate surface area is 124 Å². The first-order valence-corrected chi connectivity index (χ1v) is 7.13. The molecule has 1 aromatic rings. The van der Waals surface area contributed by atoms with Crippen LogP contribution in [-0.4, -0.2) is 40.8 Å². The Morgan fingerprint density at radius 2 is 2.29 bits per heavy atom. The fourth-order valence-corrected chi connectivity index (χ4v) is 2.19. The fourth-order valence-electron chi connectivity index (χ4n) is 2.19. The van der Waals surface area contributed by atoms with Crippen molar-refractivity contribution >= 4 is 11.9 Å². The molecular weight excluding hydrogens is 273 g/mol. The normalized spacial score (nSPS) is 19.5. The third kappa shape index (κ3) is 5.30. The van der Waals surface area contributed by atoms with Crippen LogP contribution in [0.3, 0.4) is 0 Å². The Hall–Kier alpha value is -1.69. The van der Waals surface area contributed by atoms with Crippen LogP contribution in [-0.2, 0) is 11.3 Å². The van der Waals surface area contributed by atoms with Gasteiger partial charge in [0.25, 0.3) is 0 Å². The fraction of sp³-hybridized carbons (Fsp3) is 0.600. The van der Waals surface area contributed by atoms with Crippen molar-refractivity contribution in [2.75, 3.05) is 18.4 Å². The number of hydrogen-bond acceptors (Lipinski definition) is 4. The summed E-state index contributed by atoms with van der Waals surface area (Å²) < 4.78 is 18.3. The first-order valence-electron chi connectivity index (χ1n) is 7.13. The van der Waals surface area contributed by atoms with Crippen molar-refractivity contribution in [2.24, 2.45) is 0 Å². The zero-order chi connectivity index (χ0) is 15.5. The highest BCUT2D eigenvalue weighted by Gasteiger charge is 2.21. The lowest BCUT2D eigenvalue weighted by molar-refractivity contribution is 0.0635. The van der Waals surface area contributed by atoms with Crippen LogP contribution in [0.5, 0.6) is 0 Å². The highest BCUT2D eigenvalue weighted by atomic mass is 19.1. The molecule has 1 amide bonds. The van der Waals surface area contributed by atoms with E-state index < -0.39 is 17.9 Å². The van der Waals surface area contributed by atoms with Crippen LogP contribution >= 0.6 is 0 Å². The number of likely N-dealkylation sites (tertiary alicyclic amines) is 1. The summed E-state index contributed by atoms with van der Waals surface area (Å²) in [4.78, 5) is 17.8. The second kappa shape index (κ2) is 6.39. The van der Waals surface area contributed by atoms with Crippen molar-refractivity contribution in [1.29, 1.82) is 0 Å². The molecule has 0 spiro atoms. The molecule has 0 radical (unpaired) electrons. The monoisotopic (exact) mass is 295 g/mol. The van der Waals surface area contributed by atoms with Crippen LogP contribution in [0.4, 0.5) is 15.0 Å². The number of nitrogens with zero attached hydrogens (tertiary/aromatic N) is 2. The number of alkyl halides is 1. The van der Waals surface area contributed by atoms with Gasteiger partial charge in [-0.3, -0.25) is 10.2 Å². The molecule has 1 aromatic heterocycles. The van der Waals surface area contributed by atoms with E-state index in [0.29, 0.717) is 25.3 Å². The van der Waals surface area contributed by atoms with Crippen LogP contribution in [0.1, 0.15) is 32.8 Å². The van der Waals surface area contributed by atoms with E-state index in [-0.39, 0.29) is 0 Å². The van der Waals surface area contributed by atoms with E-state index in [0.717, 1.165) is 12.1 Å². The highest BCUT2D eigenvalue weighted by Crippen LogP contribution is 2.16. The Balaban J connectivity index is 1.85. The molecule has 1 N–H and O–H groups in total. The predicted octanol–water partition coefficient (Wildman–Crippen LogP) is 2.97. The zero-order valence-electron chi connectivity index (χ0n) is 12.7. The number of carbonyl (C=O) groups is 1. The summed E-state index contributed by atoms with van der Waals surface area (Å²) in [5.41, 5.74) is 0.460. The maximum atomic E-state index is 13.1. The number of nitrogens with one attached hydrogen (secondary N) is 1. The molecule has 0 aliphatic carbocycles. The molecule has 1 unspecified atom stereocenters. The van der Waals surface area contributed by atoms with Gasteiger partial charge in [-0.2, -0.15) is 0 Å². The molecule has 1 aliphatic rings. The zero-order valence-corrected chi connectivity index (χ0v) is 12.7. The van der Waals surface area contributed by atoms with Gasteiger partial charge in [0.1, 0.15) is 17.6 Å². The molecule has 21 heavy (non-hydrogen) atoms. The molecule has 1 saturated heterocycles. The minimum absolute atomic E-state index is 0.442. The number of carbonyl (C=O) groups excluding carboxylic acids is 1. The molecule has 2 rings (SSSR count). The quantitative estimate of drug-likeness (QED) is 0.931. The second-order valence-electron chi connectivity index (χ2n) is 6.30. The minimum atomic E-state index is -0.717. The van der Waals surface area contributed by atoms with Gasteiger partial charge in [-0.25, -0.2) is 14.2 Å². The number of pyridine rings is 1. The maximum absolute atomic E-state index is 13.1. The van der Waals surface area contributed by atoms with Crippen LogP contribution in [0.15, 0.2) is 18.3 Å². The number of anilines is 1. The smallest absolute Gasteiger partial charge is 0.413 e. The SMILES string of the molecule is CC(C)(C)OC(=O)Nc1ccc(CN2CCC(F)C2)cn1. The minimum Gasteiger partial charge on any atom is -0.444 e. The van der Waals surface area contributed by atoms with Crippen LogP contribution < -0.4 is 5.32 Å². The Morgan fingerprint density at radius 1 is 1.52 bits per heavy atom. The largest absolute Gasteiger partial charge is 0.444 e. The number of halogens is 1. The van der Waals surface area contributed by atoms with Crippen LogP contribution in [0.2, 0.25) is 0 Å². The average Bonchev–Trinajstić information content (AvgIpc) is 2.75. The lowest BCUT2D eigenvalue weighted by Gasteiger charge is -2.19. The molecule has 1 atom stereocenters. The topological polar surface area (TPSA) is 54.5 Å². The lowest BCUT2D eigenvalue weighted by atomic mass is 10.2. The van der Waals surface area contributed by atoms with Crippen molar-refractivity contribution in [3.05, 3.63) is 23.9 Å². The van der Waals surface area contributed by atoms with Gasteiger partial charge in [-0.05, 0) is 38.8 Å². The van der Waals surface area contributed by atoms with Gasteiger partial charge in [-0.15, -0.1) is 0 Å². The summed E-state index contributed by atoms with van der Waals surface area (Å²) in [7, 11) is 0. The Morgan fingerprint density at radius 3 is 2.81 bits per heavy atom. The summed E-state index contributed by atoms with van der Waals surface area (Å²) in [6.45, 7) is 7.35. The molecule has 0 bridgehead atoms. The van der Waals surface area contributed by atoms with Gasteiger partial charge in [0.05, 0.1) is 0 Å². The van der Waals surface area contributed by atoms with Crippen molar-refractivity contribution in [2.45, 2.75) is 45.5 Å². The van der Waals surface area contributed by atoms with Gasteiger partial charge in [0.2, 0.25) is 0 Å². The molecular formula is C15H22FN3O2. The molecule has 0 aromatic carbocycles. The van der Waals surface area contributed by atoms with E-state index in [1.807, 2.05) is 6.07 Å². The van der Waals surface area contributed by atoms with Gasteiger partial charge in [0.15, 0.2) is 0 Å². The summed E-state index contributed by atoms with van der Waals surface area (Å²) in [5, 5.41) is 2.58. The third-order valence-electron chi connectivity index (χ3n) is 3.07. The molecule has 1 fully saturated rings. The molecule has 5 nitrogen and oxygen atoms in total. The van der Waals surface area contributed by atoms with E-state index in [4.69, 9.17) is 4.74 Å². The molecule has 1 aliphatic heterocycles. The first-order chi connectivity index (χ1) is 9.82. The van der Waals surface area contributed by atoms with Gasteiger partial charge in [-0.1, -0.05) is 6.07 Å². The van der Waals surface area contributed by atoms with Crippen molar-refractivity contribution < 1.29 is 13.9 Å². The predicted molar refractivity (Wildman–Crippen MR) is 78.9 cm³/mol. The first kappa shape index (κ1) is 15.7. The number of hydrogen-bond donors (Lipinski definition) is 1. The lowest BCUT2D eigenvalue weighted by Crippen LogP contribution is -2.27. The van der Waals surface area contributed by atoms with Gasteiger partial charge in [0, 0.05) is 25.8 Å². The van der Waals surface area contributed by atoms with Crippen molar-refractivity contribution in [3.8, 4) is 0 Å². The second-order valence-corrected chi connectivity index (χ2v) is 6.30. The van der Waals surface area contributed by atoms with E-state index in [2.05, 4.69) is 15.2 Å². The Bertz CT molecular complexity index is 485. The molecule has 0 saturated carbocycles.